The summed E-state index contributed by atoms with van der Waals surface area (Å²) >= 11 is 0. The zero-order chi connectivity index (χ0) is 36.3. The van der Waals surface area contributed by atoms with E-state index in [2.05, 4.69) is 26.6 Å². The van der Waals surface area contributed by atoms with Gasteiger partial charge in [0.25, 0.3) is 11.8 Å². The summed E-state index contributed by atoms with van der Waals surface area (Å²) in [7, 11) is -2.33. The highest BCUT2D eigenvalue weighted by molar-refractivity contribution is 7.92. The number of carbonyl (C=O) groups is 4. The molecule has 0 bridgehead atoms. The first-order valence-electron chi connectivity index (χ1n) is 17.2. The van der Waals surface area contributed by atoms with E-state index in [0.29, 0.717) is 18.9 Å². The predicted molar refractivity (Wildman–Crippen MR) is 193 cm³/mol. The van der Waals surface area contributed by atoms with E-state index in [1.807, 2.05) is 58.0 Å². The van der Waals surface area contributed by atoms with Crippen molar-refractivity contribution < 1.29 is 27.6 Å². The van der Waals surface area contributed by atoms with Crippen LogP contribution in [-0.2, 0) is 19.6 Å². The fourth-order valence-corrected chi connectivity index (χ4v) is 6.46. The maximum atomic E-state index is 13.8. The minimum atomic E-state index is -3.70. The Morgan fingerprint density at radius 2 is 1.45 bits per heavy atom. The molecule has 1 fully saturated rings. The molecule has 0 aromatic heterocycles. The smallest absolute Gasteiger partial charge is 0.251 e. The van der Waals surface area contributed by atoms with Crippen LogP contribution in [0.4, 0.5) is 5.69 Å². The van der Waals surface area contributed by atoms with Gasteiger partial charge in [-0.3, -0.25) is 23.5 Å². The number of hydrogen-bond donors (Lipinski definition) is 5. The van der Waals surface area contributed by atoms with Crippen molar-refractivity contribution in [1.82, 2.24) is 26.6 Å². The van der Waals surface area contributed by atoms with Crippen LogP contribution < -0.4 is 30.9 Å². The van der Waals surface area contributed by atoms with Crippen LogP contribution in [0.2, 0.25) is 0 Å². The van der Waals surface area contributed by atoms with E-state index in [1.54, 1.807) is 6.92 Å². The average molecular weight is 699 g/mol. The monoisotopic (exact) mass is 698 g/mol. The Kier molecular flexibility index (Phi) is 14.6. The largest absolute Gasteiger partial charge is 0.355 e. The minimum absolute atomic E-state index is 0.108. The van der Waals surface area contributed by atoms with Crippen molar-refractivity contribution in [3.8, 4) is 0 Å². The van der Waals surface area contributed by atoms with Crippen molar-refractivity contribution in [3.63, 3.8) is 0 Å². The fraction of sp³-hybridized carbons (Fsp3) is 0.556. The molecule has 1 aliphatic rings. The van der Waals surface area contributed by atoms with Crippen LogP contribution in [0.15, 0.2) is 48.5 Å². The molecule has 12 nitrogen and oxygen atoms in total. The van der Waals surface area contributed by atoms with Crippen LogP contribution in [0.5, 0.6) is 0 Å². The summed E-state index contributed by atoms with van der Waals surface area (Å²) < 4.78 is 26.0. The van der Waals surface area contributed by atoms with Crippen LogP contribution in [0.3, 0.4) is 0 Å². The molecule has 2 aromatic carbocycles. The summed E-state index contributed by atoms with van der Waals surface area (Å²) in [6, 6.07) is 11.8. The number of benzene rings is 2. The maximum absolute atomic E-state index is 13.8. The van der Waals surface area contributed by atoms with E-state index in [0.717, 1.165) is 41.8 Å². The van der Waals surface area contributed by atoms with Crippen molar-refractivity contribution in [1.29, 1.82) is 0 Å². The minimum Gasteiger partial charge on any atom is -0.355 e. The van der Waals surface area contributed by atoms with Gasteiger partial charge in [-0.1, -0.05) is 69.9 Å². The Morgan fingerprint density at radius 3 is 2.00 bits per heavy atom. The second kappa shape index (κ2) is 18.1. The second-order valence-electron chi connectivity index (χ2n) is 13.4. The third kappa shape index (κ3) is 11.8. The molecule has 270 valence electrons. The lowest BCUT2D eigenvalue weighted by atomic mass is 9.97. The second-order valence-corrected chi connectivity index (χ2v) is 15.4. The quantitative estimate of drug-likeness (QED) is 0.169. The van der Waals surface area contributed by atoms with Crippen molar-refractivity contribution >= 4 is 39.3 Å². The van der Waals surface area contributed by atoms with Crippen molar-refractivity contribution in [3.05, 3.63) is 65.2 Å². The highest BCUT2D eigenvalue weighted by Crippen LogP contribution is 2.29. The molecule has 0 spiro atoms. The van der Waals surface area contributed by atoms with Crippen molar-refractivity contribution in [2.24, 2.45) is 11.8 Å². The number of amides is 4. The van der Waals surface area contributed by atoms with Crippen LogP contribution in [0, 0.1) is 11.8 Å². The molecule has 13 heteroatoms. The van der Waals surface area contributed by atoms with Gasteiger partial charge in [0.05, 0.1) is 24.0 Å². The molecule has 5 N–H and O–H groups in total. The van der Waals surface area contributed by atoms with Gasteiger partial charge >= 0.3 is 0 Å². The van der Waals surface area contributed by atoms with E-state index in [9.17, 15) is 27.6 Å². The third-order valence-corrected chi connectivity index (χ3v) is 10.2. The normalized spacial score (nSPS) is 15.9. The van der Waals surface area contributed by atoms with Gasteiger partial charge in [-0.15, -0.1) is 0 Å². The summed E-state index contributed by atoms with van der Waals surface area (Å²) in [4.78, 5) is 52.9. The molecule has 49 heavy (non-hydrogen) atoms. The number of carbonyl (C=O) groups excluding carboxylic acids is 4. The van der Waals surface area contributed by atoms with E-state index < -0.39 is 33.9 Å². The van der Waals surface area contributed by atoms with Gasteiger partial charge in [0.15, 0.2) is 0 Å². The lowest BCUT2D eigenvalue weighted by Crippen LogP contribution is -2.55. The van der Waals surface area contributed by atoms with Crippen LogP contribution in [0.25, 0.3) is 0 Å². The lowest BCUT2D eigenvalue weighted by Gasteiger charge is -2.26. The Balaban J connectivity index is 1.82. The fourth-order valence-electron chi connectivity index (χ4n) is 5.97. The first-order chi connectivity index (χ1) is 23.1. The molecular formula is C36H54N6O6S. The molecule has 3 rings (SSSR count). The van der Waals surface area contributed by atoms with Crippen LogP contribution in [0.1, 0.15) is 99.0 Å². The molecule has 0 unspecified atom stereocenters. The van der Waals surface area contributed by atoms with Crippen molar-refractivity contribution in [2.75, 3.05) is 30.7 Å². The van der Waals surface area contributed by atoms with Gasteiger partial charge in [-0.05, 0) is 62.8 Å². The molecular weight excluding hydrogens is 644 g/mol. The maximum Gasteiger partial charge on any atom is 0.251 e. The number of rotatable bonds is 17. The molecule has 1 saturated carbocycles. The third-order valence-electron chi connectivity index (χ3n) is 9.04. The Bertz CT molecular complexity index is 1540. The number of sulfonamides is 1. The molecule has 0 heterocycles. The summed E-state index contributed by atoms with van der Waals surface area (Å²) in [5, 5.41) is 14.9. The molecule has 4 amide bonds. The van der Waals surface area contributed by atoms with E-state index in [-0.39, 0.29) is 53.2 Å². The standard InChI is InChI=1S/C36H54N6O6S/c1-8-37-36(46)32(23(2)3)41-33(43)25(5)38-22-30(18-26-14-12-13-15-26)40-35(45)29-19-28(20-31(21-29)42(6)49(7,47)48)34(44)39-24(4)27-16-10-9-11-17-27/h9-11,16-17,19-21,23-26,30,32,38H,8,12-15,18,22H2,1-7H3,(H,37,46)(H,39,44)(H,40,45)(H,41,43)/t24-,25+,30+,32+/m1/s1. The number of likely N-dealkylation sites (N-methyl/N-ethyl adjacent to an activating group) is 1. The Morgan fingerprint density at radius 1 is 0.857 bits per heavy atom. The number of nitrogens with zero attached hydrogens (tertiary/aromatic N) is 1. The zero-order valence-corrected chi connectivity index (χ0v) is 30.7. The van der Waals surface area contributed by atoms with Crippen LogP contribution in [-0.4, -0.2) is 76.6 Å². The average Bonchev–Trinajstić information content (AvgIpc) is 3.58. The lowest BCUT2D eigenvalue weighted by molar-refractivity contribution is -0.130. The molecule has 4 atom stereocenters. The van der Waals surface area contributed by atoms with Gasteiger partial charge in [0, 0.05) is 37.3 Å². The van der Waals surface area contributed by atoms with Gasteiger partial charge in [0.2, 0.25) is 21.8 Å². The highest BCUT2D eigenvalue weighted by atomic mass is 32.2. The van der Waals surface area contributed by atoms with Gasteiger partial charge in [0.1, 0.15) is 6.04 Å². The number of nitrogens with one attached hydrogen (secondary N) is 5. The topological polar surface area (TPSA) is 166 Å². The molecule has 2 aromatic rings. The highest BCUT2D eigenvalue weighted by Gasteiger charge is 2.28. The van der Waals surface area contributed by atoms with Gasteiger partial charge in [-0.2, -0.15) is 0 Å². The summed E-state index contributed by atoms with van der Waals surface area (Å²) in [6.45, 7) is 9.86. The molecule has 1 aliphatic carbocycles. The first-order valence-corrected chi connectivity index (χ1v) is 19.0. The summed E-state index contributed by atoms with van der Waals surface area (Å²) in [5.41, 5.74) is 1.35. The summed E-state index contributed by atoms with van der Waals surface area (Å²) in [6.07, 6.45) is 6.07. The molecule has 0 aliphatic heterocycles. The first kappa shape index (κ1) is 39.5. The van der Waals surface area contributed by atoms with E-state index >= 15 is 0 Å². The molecule has 0 saturated heterocycles. The van der Waals surface area contributed by atoms with Crippen LogP contribution >= 0.6 is 0 Å². The van der Waals surface area contributed by atoms with Crippen molar-refractivity contribution in [2.45, 2.75) is 90.9 Å². The number of hydrogen-bond acceptors (Lipinski definition) is 7. The number of anilines is 1. The van der Waals surface area contributed by atoms with E-state index in [4.69, 9.17) is 0 Å². The summed E-state index contributed by atoms with van der Waals surface area (Å²) in [5.74, 6) is -1.19. The predicted octanol–water partition coefficient (Wildman–Crippen LogP) is 3.51. The van der Waals surface area contributed by atoms with Gasteiger partial charge < -0.3 is 26.6 Å². The van der Waals surface area contributed by atoms with Gasteiger partial charge in [-0.25, -0.2) is 8.42 Å². The van der Waals surface area contributed by atoms with E-state index in [1.165, 1.54) is 25.2 Å². The Hall–Kier alpha value is -3.97. The zero-order valence-electron chi connectivity index (χ0n) is 29.8. The Labute approximate surface area is 291 Å². The molecule has 0 radical (unpaired) electrons. The SMILES string of the molecule is CCNC(=O)[C@@H](NC(=O)[C@H](C)NC[C@H](CC1CCCC1)NC(=O)c1cc(C(=O)N[C@H](C)c2ccccc2)cc(N(C)S(C)(=O)=O)c1)C(C)C.